The van der Waals surface area contributed by atoms with Gasteiger partial charge in [-0.25, -0.2) is 12.8 Å². The number of nitrogens with zero attached hydrogens (tertiary/aromatic N) is 2. The lowest BCUT2D eigenvalue weighted by Crippen LogP contribution is -2.44. The summed E-state index contributed by atoms with van der Waals surface area (Å²) in [4.78, 5) is 8.10. The number of hydrogen-bond donors (Lipinski definition) is 1. The van der Waals surface area contributed by atoms with Gasteiger partial charge in [-0.2, -0.15) is 0 Å². The van der Waals surface area contributed by atoms with Gasteiger partial charge in [0.05, 0.1) is 10.6 Å². The van der Waals surface area contributed by atoms with Crippen LogP contribution in [0.5, 0.6) is 0 Å². The first kappa shape index (κ1) is 19.1. The van der Waals surface area contributed by atoms with E-state index < -0.39 is 9.84 Å². The van der Waals surface area contributed by atoms with Gasteiger partial charge in [-0.05, 0) is 42.9 Å². The summed E-state index contributed by atoms with van der Waals surface area (Å²) in [6.45, 7) is 4.35. The lowest BCUT2D eigenvalue weighted by Gasteiger charge is -2.32. The van der Waals surface area contributed by atoms with Crippen LogP contribution in [0.25, 0.3) is 10.9 Å². The summed E-state index contributed by atoms with van der Waals surface area (Å²) in [7, 11) is -1.40. The molecule has 2 heterocycles. The van der Waals surface area contributed by atoms with E-state index in [1.54, 1.807) is 36.4 Å². The second kappa shape index (κ2) is 7.66. The minimum absolute atomic E-state index is 0.129. The maximum absolute atomic E-state index is 13.9. The van der Waals surface area contributed by atoms with Crippen LogP contribution in [0.2, 0.25) is 0 Å². The lowest BCUT2D eigenvalue weighted by atomic mass is 10.1. The van der Waals surface area contributed by atoms with Crippen LogP contribution >= 0.6 is 0 Å². The van der Waals surface area contributed by atoms with Gasteiger partial charge in [-0.15, -0.1) is 0 Å². The predicted molar refractivity (Wildman–Crippen MR) is 108 cm³/mol. The Morgan fingerprint density at radius 1 is 1.04 bits per heavy atom. The number of nitrogens with one attached hydrogen (secondary N) is 1. The Balaban J connectivity index is 1.71. The Morgan fingerprint density at radius 3 is 2.46 bits per heavy atom. The van der Waals surface area contributed by atoms with E-state index in [9.17, 15) is 12.8 Å². The number of aromatic amines is 1. The van der Waals surface area contributed by atoms with E-state index in [2.05, 4.69) is 21.8 Å². The van der Waals surface area contributed by atoms with Gasteiger partial charge in [0.15, 0.2) is 9.84 Å². The number of sulfone groups is 1. The maximum Gasteiger partial charge on any atom is 0.183 e. The second-order valence-electron chi connectivity index (χ2n) is 7.42. The molecule has 4 rings (SSSR count). The molecule has 1 N–H and O–H groups in total. The molecule has 0 unspecified atom stereocenters. The number of piperazine rings is 1. The molecular formula is C21H24FN3O2S. The third-order valence-electron chi connectivity index (χ3n) is 5.37. The fourth-order valence-electron chi connectivity index (χ4n) is 3.71. The topological polar surface area (TPSA) is 56.4 Å². The molecule has 1 aliphatic rings. The summed E-state index contributed by atoms with van der Waals surface area (Å²) in [6.07, 6.45) is 0. The van der Waals surface area contributed by atoms with Crippen molar-refractivity contribution in [2.24, 2.45) is 0 Å². The van der Waals surface area contributed by atoms with Gasteiger partial charge in [0.1, 0.15) is 5.82 Å². The van der Waals surface area contributed by atoms with Crippen LogP contribution in [0.1, 0.15) is 11.3 Å². The van der Waals surface area contributed by atoms with Crippen LogP contribution in [0.15, 0.2) is 53.4 Å². The fraction of sp³-hybridized carbons (Fsp3) is 0.333. The monoisotopic (exact) mass is 401 g/mol. The van der Waals surface area contributed by atoms with E-state index in [1.165, 1.54) is 12.1 Å². The first-order valence-corrected chi connectivity index (χ1v) is 11.1. The average molecular weight is 402 g/mol. The van der Waals surface area contributed by atoms with E-state index in [1.807, 2.05) is 0 Å². The number of hydrogen-bond acceptors (Lipinski definition) is 4. The highest BCUT2D eigenvalue weighted by Crippen LogP contribution is 2.28. The van der Waals surface area contributed by atoms with E-state index in [0.29, 0.717) is 17.1 Å². The third-order valence-corrected chi connectivity index (χ3v) is 7.03. The van der Waals surface area contributed by atoms with Crippen LogP contribution in [0, 0.1) is 5.82 Å². The van der Waals surface area contributed by atoms with Gasteiger partial charge in [0.2, 0.25) is 0 Å². The van der Waals surface area contributed by atoms with Gasteiger partial charge in [0, 0.05) is 49.3 Å². The number of benzene rings is 2. The van der Waals surface area contributed by atoms with Crippen molar-refractivity contribution in [2.75, 3.05) is 33.2 Å². The molecule has 0 saturated carbocycles. The standard InChI is InChI=1S/C21H24FN3O2S/c1-24-9-11-25(12-10-24)14-19-18-13-16(22)7-8-20(18)23-21(19)15-28(26,27)17-5-3-2-4-6-17/h2-8,13,23H,9-12,14-15H2,1H3. The summed E-state index contributed by atoms with van der Waals surface area (Å²) in [5.74, 6) is -0.445. The quantitative estimate of drug-likeness (QED) is 0.714. The molecule has 1 aliphatic heterocycles. The van der Waals surface area contributed by atoms with Crippen LogP contribution in [-0.4, -0.2) is 56.4 Å². The molecule has 148 valence electrons. The number of halogens is 1. The lowest BCUT2D eigenvalue weighted by molar-refractivity contribution is 0.148. The molecule has 0 atom stereocenters. The van der Waals surface area contributed by atoms with Gasteiger partial charge in [-0.3, -0.25) is 4.90 Å². The molecule has 3 aromatic rings. The van der Waals surface area contributed by atoms with Gasteiger partial charge >= 0.3 is 0 Å². The number of likely N-dealkylation sites (N-methyl/N-ethyl adjacent to an activating group) is 1. The highest BCUT2D eigenvalue weighted by atomic mass is 32.2. The molecule has 0 amide bonds. The smallest absolute Gasteiger partial charge is 0.183 e. The van der Waals surface area contributed by atoms with Crippen molar-refractivity contribution in [3.05, 3.63) is 65.6 Å². The van der Waals surface area contributed by atoms with E-state index in [4.69, 9.17) is 0 Å². The number of aromatic nitrogens is 1. The Kier molecular flexibility index (Phi) is 5.23. The van der Waals surface area contributed by atoms with Gasteiger partial charge in [0.25, 0.3) is 0 Å². The first-order chi connectivity index (χ1) is 13.4. The van der Waals surface area contributed by atoms with Crippen molar-refractivity contribution in [1.29, 1.82) is 0 Å². The number of fused-ring (bicyclic) bond motifs is 1. The Bertz CT molecular complexity index is 1070. The van der Waals surface area contributed by atoms with Crippen molar-refractivity contribution in [2.45, 2.75) is 17.2 Å². The van der Waals surface area contributed by atoms with Crippen LogP contribution in [-0.2, 0) is 22.1 Å². The molecule has 0 spiro atoms. The average Bonchev–Trinajstić information content (AvgIpc) is 3.00. The minimum Gasteiger partial charge on any atom is -0.357 e. The second-order valence-corrected chi connectivity index (χ2v) is 9.41. The predicted octanol–water partition coefficient (Wildman–Crippen LogP) is 3.03. The van der Waals surface area contributed by atoms with E-state index in [0.717, 1.165) is 42.6 Å². The van der Waals surface area contributed by atoms with E-state index >= 15 is 0 Å². The molecule has 1 saturated heterocycles. The molecule has 1 aromatic heterocycles. The molecule has 7 heteroatoms. The Hall–Kier alpha value is -2.22. The summed E-state index contributed by atoms with van der Waals surface area (Å²) < 4.78 is 39.7. The summed E-state index contributed by atoms with van der Waals surface area (Å²) in [5, 5.41) is 0.761. The van der Waals surface area contributed by atoms with E-state index in [-0.39, 0.29) is 11.6 Å². The van der Waals surface area contributed by atoms with Crippen LogP contribution < -0.4 is 0 Å². The SMILES string of the molecule is CN1CCN(Cc2c(CS(=O)(=O)c3ccccc3)[nH]c3ccc(F)cc23)CC1. The molecule has 0 aliphatic carbocycles. The largest absolute Gasteiger partial charge is 0.357 e. The van der Waals surface area contributed by atoms with Crippen LogP contribution in [0.4, 0.5) is 4.39 Å². The highest BCUT2D eigenvalue weighted by molar-refractivity contribution is 7.90. The van der Waals surface area contributed by atoms with Crippen molar-refractivity contribution >= 4 is 20.7 Å². The molecular weight excluding hydrogens is 377 g/mol. The van der Waals surface area contributed by atoms with Gasteiger partial charge in [-0.1, -0.05) is 18.2 Å². The molecule has 1 fully saturated rings. The molecule has 0 bridgehead atoms. The summed E-state index contributed by atoms with van der Waals surface area (Å²) >= 11 is 0. The summed E-state index contributed by atoms with van der Waals surface area (Å²) in [5.41, 5.74) is 2.28. The zero-order valence-corrected chi connectivity index (χ0v) is 16.7. The van der Waals surface area contributed by atoms with Crippen molar-refractivity contribution in [3.63, 3.8) is 0 Å². The number of rotatable bonds is 5. The maximum atomic E-state index is 13.9. The zero-order valence-electron chi connectivity index (χ0n) is 15.9. The summed E-state index contributed by atoms with van der Waals surface area (Å²) in [6, 6.07) is 13.0. The third kappa shape index (κ3) is 3.97. The Labute approximate surface area is 164 Å². The zero-order chi connectivity index (χ0) is 19.7. The Morgan fingerprint density at radius 2 is 1.75 bits per heavy atom. The molecule has 2 aromatic carbocycles. The fourth-order valence-corrected chi connectivity index (χ4v) is 5.08. The minimum atomic E-state index is -3.49. The molecule has 0 radical (unpaired) electrons. The van der Waals surface area contributed by atoms with Crippen molar-refractivity contribution in [3.8, 4) is 0 Å². The van der Waals surface area contributed by atoms with Crippen LogP contribution in [0.3, 0.4) is 0 Å². The highest BCUT2D eigenvalue weighted by Gasteiger charge is 2.23. The van der Waals surface area contributed by atoms with Crippen molar-refractivity contribution < 1.29 is 12.8 Å². The normalized spacial score (nSPS) is 16.6. The van der Waals surface area contributed by atoms with Gasteiger partial charge < -0.3 is 9.88 Å². The first-order valence-electron chi connectivity index (χ1n) is 9.40. The van der Waals surface area contributed by atoms with Crippen molar-refractivity contribution in [1.82, 2.24) is 14.8 Å². The molecule has 28 heavy (non-hydrogen) atoms. The number of H-pyrrole nitrogens is 1. The molecule has 5 nitrogen and oxygen atoms in total.